The van der Waals surface area contributed by atoms with Crippen LogP contribution in [0.3, 0.4) is 0 Å². The predicted octanol–water partition coefficient (Wildman–Crippen LogP) is 0.539. The van der Waals surface area contributed by atoms with Gasteiger partial charge in [0.25, 0.3) is 5.91 Å². The van der Waals surface area contributed by atoms with E-state index >= 15 is 0 Å². The van der Waals surface area contributed by atoms with Crippen LogP contribution in [0.1, 0.15) is 49.3 Å². The van der Waals surface area contributed by atoms with E-state index in [0.29, 0.717) is 18.7 Å². The van der Waals surface area contributed by atoms with Gasteiger partial charge in [0.2, 0.25) is 10.0 Å². The van der Waals surface area contributed by atoms with E-state index in [1.807, 2.05) is 13.8 Å². The summed E-state index contributed by atoms with van der Waals surface area (Å²) in [5.74, 6) is -0.518. The summed E-state index contributed by atoms with van der Waals surface area (Å²) in [5.41, 5.74) is 0.229. The molecule has 0 fully saturated rings. The highest BCUT2D eigenvalue weighted by Gasteiger charge is 2.26. The number of nitrogens with one attached hydrogen (secondary N) is 2. The average Bonchev–Trinajstić information content (AvgIpc) is 2.73. The first-order valence-electron chi connectivity index (χ1n) is 6.30. The van der Waals surface area contributed by atoms with Crippen LogP contribution in [0, 0.1) is 0 Å². The minimum atomic E-state index is -3.97. The van der Waals surface area contributed by atoms with Crippen molar-refractivity contribution in [2.45, 2.75) is 44.4 Å². The zero-order chi connectivity index (χ0) is 14.5. The summed E-state index contributed by atoms with van der Waals surface area (Å²) in [5, 5.41) is 14.2. The first-order chi connectivity index (χ1) is 8.91. The molecule has 1 aromatic heterocycles. The average molecular weight is 288 g/mol. The third-order valence-corrected chi connectivity index (χ3v) is 3.62. The number of aryl methyl sites for hydroxylation is 1. The summed E-state index contributed by atoms with van der Waals surface area (Å²) in [6, 6.07) is 0. The van der Waals surface area contributed by atoms with Crippen molar-refractivity contribution < 1.29 is 13.2 Å². The van der Waals surface area contributed by atoms with E-state index in [1.54, 1.807) is 0 Å². The molecule has 8 heteroatoms. The van der Waals surface area contributed by atoms with Gasteiger partial charge in [0.05, 0.1) is 5.69 Å². The van der Waals surface area contributed by atoms with Crippen LogP contribution in [0.5, 0.6) is 0 Å². The van der Waals surface area contributed by atoms with Gasteiger partial charge in [0.1, 0.15) is 4.90 Å². The van der Waals surface area contributed by atoms with Gasteiger partial charge in [-0.1, -0.05) is 26.7 Å². The van der Waals surface area contributed by atoms with Crippen LogP contribution in [0.25, 0.3) is 0 Å². The molecule has 108 valence electrons. The molecule has 0 radical (unpaired) electrons. The highest BCUT2D eigenvalue weighted by molar-refractivity contribution is 7.89. The van der Waals surface area contributed by atoms with Crippen molar-refractivity contribution in [3.63, 3.8) is 0 Å². The monoisotopic (exact) mass is 288 g/mol. The van der Waals surface area contributed by atoms with Gasteiger partial charge >= 0.3 is 0 Å². The van der Waals surface area contributed by atoms with Crippen LogP contribution in [0.4, 0.5) is 0 Å². The Morgan fingerprint density at radius 2 is 2.05 bits per heavy atom. The normalized spacial score (nSPS) is 11.5. The number of unbranched alkanes of at least 4 members (excludes halogenated alkanes) is 1. The van der Waals surface area contributed by atoms with E-state index in [0.717, 1.165) is 19.3 Å². The number of rotatable bonds is 7. The molecule has 7 nitrogen and oxygen atoms in total. The lowest BCUT2D eigenvalue weighted by molar-refractivity contribution is 0.0945. The number of nitrogens with zero attached hydrogens (tertiary/aromatic N) is 1. The van der Waals surface area contributed by atoms with Crippen molar-refractivity contribution in [3.05, 3.63) is 11.4 Å². The predicted molar refractivity (Wildman–Crippen MR) is 71.2 cm³/mol. The molecule has 0 bridgehead atoms. The van der Waals surface area contributed by atoms with Crippen molar-refractivity contribution in [1.82, 2.24) is 15.5 Å². The summed E-state index contributed by atoms with van der Waals surface area (Å²) >= 11 is 0. The number of amides is 1. The molecule has 0 saturated carbocycles. The first-order valence-corrected chi connectivity index (χ1v) is 7.84. The fourth-order valence-electron chi connectivity index (χ4n) is 1.71. The number of carbonyl (C=O) groups is 1. The van der Waals surface area contributed by atoms with E-state index < -0.39 is 15.9 Å². The Bertz CT molecular complexity index is 536. The van der Waals surface area contributed by atoms with Gasteiger partial charge in [-0.15, -0.1) is 0 Å². The number of sulfonamides is 1. The Labute approximate surface area is 113 Å². The molecule has 0 saturated heterocycles. The Morgan fingerprint density at radius 3 is 2.58 bits per heavy atom. The minimum Gasteiger partial charge on any atom is -0.351 e. The summed E-state index contributed by atoms with van der Waals surface area (Å²) < 4.78 is 23.2. The molecular formula is C11H20N4O3S. The number of hydrogen-bond donors (Lipinski definition) is 3. The number of aromatic amines is 1. The minimum absolute atomic E-state index is 0.151. The molecular weight excluding hydrogens is 268 g/mol. The SMILES string of the molecule is CCCCNC(=O)c1n[nH]c(CCC)c1S(N)(=O)=O. The largest absolute Gasteiger partial charge is 0.351 e. The van der Waals surface area contributed by atoms with Gasteiger partial charge in [-0.05, 0) is 12.8 Å². The Morgan fingerprint density at radius 1 is 1.37 bits per heavy atom. The number of carbonyl (C=O) groups excluding carboxylic acids is 1. The van der Waals surface area contributed by atoms with E-state index in [2.05, 4.69) is 15.5 Å². The summed E-state index contributed by atoms with van der Waals surface area (Å²) in [7, 11) is -3.97. The molecule has 19 heavy (non-hydrogen) atoms. The van der Waals surface area contributed by atoms with Crippen LogP contribution in [-0.4, -0.2) is 31.1 Å². The second kappa shape index (κ2) is 6.67. The molecule has 0 aliphatic carbocycles. The number of primary sulfonamides is 1. The maximum atomic E-state index is 11.9. The fourth-order valence-corrected chi connectivity index (χ4v) is 2.61. The van der Waals surface area contributed by atoms with Crippen molar-refractivity contribution >= 4 is 15.9 Å². The van der Waals surface area contributed by atoms with E-state index in [1.165, 1.54) is 0 Å². The summed E-state index contributed by atoms with van der Waals surface area (Å²) in [6.07, 6.45) is 2.95. The van der Waals surface area contributed by atoms with Gasteiger partial charge in [-0.3, -0.25) is 9.89 Å². The third kappa shape index (κ3) is 4.03. The van der Waals surface area contributed by atoms with E-state index in [-0.39, 0.29) is 10.6 Å². The lowest BCUT2D eigenvalue weighted by Gasteiger charge is -2.04. The van der Waals surface area contributed by atoms with Gasteiger partial charge in [0.15, 0.2) is 5.69 Å². The van der Waals surface area contributed by atoms with Crippen LogP contribution < -0.4 is 10.5 Å². The first kappa shape index (κ1) is 15.6. The smallest absolute Gasteiger partial charge is 0.273 e. The highest BCUT2D eigenvalue weighted by atomic mass is 32.2. The molecule has 1 amide bonds. The second-order valence-corrected chi connectivity index (χ2v) is 5.78. The van der Waals surface area contributed by atoms with Crippen LogP contribution in [0.15, 0.2) is 4.90 Å². The molecule has 1 heterocycles. The van der Waals surface area contributed by atoms with E-state index in [4.69, 9.17) is 5.14 Å². The Hall–Kier alpha value is -1.41. The van der Waals surface area contributed by atoms with Crippen molar-refractivity contribution in [1.29, 1.82) is 0 Å². The molecule has 0 atom stereocenters. The highest BCUT2D eigenvalue weighted by Crippen LogP contribution is 2.18. The van der Waals surface area contributed by atoms with Gasteiger partial charge in [-0.2, -0.15) is 5.10 Å². The fraction of sp³-hybridized carbons (Fsp3) is 0.636. The maximum Gasteiger partial charge on any atom is 0.273 e. The molecule has 0 spiro atoms. The molecule has 1 rings (SSSR count). The second-order valence-electron chi connectivity index (χ2n) is 4.28. The van der Waals surface area contributed by atoms with Crippen molar-refractivity contribution in [2.75, 3.05) is 6.54 Å². The zero-order valence-corrected chi connectivity index (χ0v) is 12.0. The maximum absolute atomic E-state index is 11.9. The number of hydrogen-bond acceptors (Lipinski definition) is 4. The quantitative estimate of drug-likeness (QED) is 0.634. The van der Waals surface area contributed by atoms with Crippen LogP contribution in [0.2, 0.25) is 0 Å². The lowest BCUT2D eigenvalue weighted by Crippen LogP contribution is -2.27. The topological polar surface area (TPSA) is 118 Å². The standard InChI is InChI=1S/C11H20N4O3S/c1-3-5-7-13-11(16)9-10(19(12,17)18)8(6-4-2)14-15-9/h3-7H2,1-2H3,(H,13,16)(H,14,15)(H2,12,17,18). The molecule has 4 N–H and O–H groups in total. The molecule has 1 aromatic rings. The van der Waals surface area contributed by atoms with E-state index in [9.17, 15) is 13.2 Å². The lowest BCUT2D eigenvalue weighted by atomic mass is 10.2. The Balaban J connectivity index is 3.04. The van der Waals surface area contributed by atoms with Crippen molar-refractivity contribution in [2.24, 2.45) is 5.14 Å². The zero-order valence-electron chi connectivity index (χ0n) is 11.2. The van der Waals surface area contributed by atoms with Crippen LogP contribution >= 0.6 is 0 Å². The number of aromatic nitrogens is 2. The molecule has 0 aliphatic rings. The number of nitrogens with two attached hydrogens (primary N) is 1. The van der Waals surface area contributed by atoms with Gasteiger partial charge in [0, 0.05) is 6.54 Å². The summed E-state index contributed by atoms with van der Waals surface area (Å²) in [4.78, 5) is 11.7. The number of H-pyrrole nitrogens is 1. The van der Waals surface area contributed by atoms with Gasteiger partial charge < -0.3 is 5.32 Å². The molecule has 0 aromatic carbocycles. The molecule has 0 unspecified atom stereocenters. The Kier molecular flexibility index (Phi) is 5.49. The molecule has 0 aliphatic heterocycles. The van der Waals surface area contributed by atoms with Gasteiger partial charge in [-0.25, -0.2) is 13.6 Å². The van der Waals surface area contributed by atoms with Crippen molar-refractivity contribution in [3.8, 4) is 0 Å². The summed E-state index contributed by atoms with van der Waals surface area (Å²) in [6.45, 7) is 4.37. The van der Waals surface area contributed by atoms with Crippen LogP contribution in [-0.2, 0) is 16.4 Å². The third-order valence-electron chi connectivity index (χ3n) is 2.61.